The van der Waals surface area contributed by atoms with E-state index in [1.807, 2.05) is 35.6 Å². The van der Waals surface area contributed by atoms with Gasteiger partial charge < -0.3 is 4.98 Å². The largest absolute Gasteiger partial charge is 0.337 e. The van der Waals surface area contributed by atoms with Crippen molar-refractivity contribution in [2.45, 2.75) is 25.8 Å². The molecule has 2 aliphatic rings. The molecule has 0 saturated heterocycles. The average Bonchev–Trinajstić information content (AvgIpc) is 3.51. The van der Waals surface area contributed by atoms with Crippen molar-refractivity contribution in [3.8, 4) is 6.07 Å². The van der Waals surface area contributed by atoms with Crippen LogP contribution in [0.3, 0.4) is 0 Å². The fourth-order valence-electron chi connectivity index (χ4n) is 4.30. The van der Waals surface area contributed by atoms with Crippen molar-refractivity contribution in [1.29, 1.82) is 5.26 Å². The van der Waals surface area contributed by atoms with Gasteiger partial charge >= 0.3 is 0 Å². The zero-order chi connectivity index (χ0) is 21.7. The molecule has 0 bridgehead atoms. The number of thiazole rings is 1. The Morgan fingerprint density at radius 1 is 1.31 bits per heavy atom. The predicted molar refractivity (Wildman–Crippen MR) is 127 cm³/mol. The van der Waals surface area contributed by atoms with Crippen LogP contribution in [-0.4, -0.2) is 31.4 Å². The second kappa shape index (κ2) is 7.32. The smallest absolute Gasteiger partial charge is 0.149 e. The number of fused-ring (bicyclic) bond motifs is 4. The first-order valence-corrected chi connectivity index (χ1v) is 11.2. The molecular formula is C24H19N7S. The standard InChI is InChI=1S/C24H19N7S/c1-14-22-19(12-27-31(14)13-17-6-3-7-20-18(17)11-26-30-20)23-24(29-22)28-21(32-23)9-15-4-2-5-16(8-15)10-25/h3-4,6-8,11-12,29H,1-2,5,9,13H2,(H,26,30). The van der Waals surface area contributed by atoms with Crippen LogP contribution in [0.5, 0.6) is 0 Å². The Bertz CT molecular complexity index is 1520. The number of nitriles is 1. The molecule has 1 aromatic carbocycles. The summed E-state index contributed by atoms with van der Waals surface area (Å²) >= 11 is 1.67. The highest BCUT2D eigenvalue weighted by atomic mass is 32.1. The number of benzene rings is 1. The molecule has 4 aromatic rings. The highest BCUT2D eigenvalue weighted by Gasteiger charge is 2.24. The van der Waals surface area contributed by atoms with E-state index in [0.717, 1.165) is 79.2 Å². The van der Waals surface area contributed by atoms with Crippen LogP contribution < -0.4 is 0 Å². The van der Waals surface area contributed by atoms with Gasteiger partial charge in [-0.15, -0.1) is 11.3 Å². The van der Waals surface area contributed by atoms with Crippen LogP contribution in [-0.2, 0) is 13.0 Å². The van der Waals surface area contributed by atoms with Crippen molar-refractivity contribution in [1.82, 2.24) is 25.2 Å². The third kappa shape index (κ3) is 3.06. The fourth-order valence-corrected chi connectivity index (χ4v) is 5.37. The first-order chi connectivity index (χ1) is 15.7. The number of rotatable bonds is 4. The summed E-state index contributed by atoms with van der Waals surface area (Å²) in [7, 11) is 0. The van der Waals surface area contributed by atoms with Crippen molar-refractivity contribution in [2.75, 3.05) is 0 Å². The molecule has 156 valence electrons. The number of aromatic nitrogens is 4. The van der Waals surface area contributed by atoms with E-state index in [0.29, 0.717) is 6.54 Å². The predicted octanol–water partition coefficient (Wildman–Crippen LogP) is 5.03. The third-order valence-corrected chi connectivity index (χ3v) is 7.02. The second-order valence-corrected chi connectivity index (χ2v) is 9.06. The molecule has 6 rings (SSSR count). The minimum absolute atomic E-state index is 0.610. The Morgan fingerprint density at radius 2 is 2.25 bits per heavy atom. The molecule has 0 fully saturated rings. The van der Waals surface area contributed by atoms with Crippen LogP contribution in [0.25, 0.3) is 26.9 Å². The first kappa shape index (κ1) is 18.8. The van der Waals surface area contributed by atoms with Crippen molar-refractivity contribution in [3.63, 3.8) is 0 Å². The zero-order valence-corrected chi connectivity index (χ0v) is 18.0. The summed E-state index contributed by atoms with van der Waals surface area (Å²) in [5.41, 5.74) is 7.84. The summed E-state index contributed by atoms with van der Waals surface area (Å²) in [4.78, 5) is 8.27. The van der Waals surface area contributed by atoms with Gasteiger partial charge in [0.1, 0.15) is 10.7 Å². The van der Waals surface area contributed by atoms with Gasteiger partial charge in [-0.1, -0.05) is 24.8 Å². The monoisotopic (exact) mass is 437 g/mol. The quantitative estimate of drug-likeness (QED) is 0.468. The molecule has 0 amide bonds. The zero-order valence-electron chi connectivity index (χ0n) is 17.2. The van der Waals surface area contributed by atoms with E-state index in [1.165, 1.54) is 0 Å². The molecule has 0 atom stereocenters. The molecule has 0 saturated carbocycles. The fraction of sp³-hybridized carbons (Fsp3) is 0.167. The van der Waals surface area contributed by atoms with E-state index in [2.05, 4.69) is 45.1 Å². The summed E-state index contributed by atoms with van der Waals surface area (Å²) in [6.07, 6.45) is 10.4. The van der Waals surface area contributed by atoms with E-state index in [1.54, 1.807) is 11.3 Å². The van der Waals surface area contributed by atoms with E-state index >= 15 is 0 Å². The van der Waals surface area contributed by atoms with Gasteiger partial charge in [-0.2, -0.15) is 15.5 Å². The molecule has 3 aromatic heterocycles. The van der Waals surface area contributed by atoms with E-state index < -0.39 is 0 Å². The van der Waals surface area contributed by atoms with Crippen LogP contribution >= 0.6 is 11.3 Å². The SMILES string of the molecule is C=C1c2[nH]c3nc(CC4=CCCC(C#N)=C4)sc3c2C=NN1Cc1cccc2[nH]ncc12. The van der Waals surface area contributed by atoms with Crippen LogP contribution in [0.4, 0.5) is 0 Å². The maximum absolute atomic E-state index is 9.17. The molecule has 0 unspecified atom stereocenters. The summed E-state index contributed by atoms with van der Waals surface area (Å²) < 4.78 is 1.09. The second-order valence-electron chi connectivity index (χ2n) is 7.97. The lowest BCUT2D eigenvalue weighted by atomic mass is 9.99. The molecule has 4 heterocycles. The maximum Gasteiger partial charge on any atom is 0.149 e. The molecule has 32 heavy (non-hydrogen) atoms. The van der Waals surface area contributed by atoms with Gasteiger partial charge in [0, 0.05) is 22.9 Å². The van der Waals surface area contributed by atoms with Crippen molar-refractivity contribution >= 4 is 44.5 Å². The Morgan fingerprint density at radius 3 is 3.16 bits per heavy atom. The van der Waals surface area contributed by atoms with E-state index in [9.17, 15) is 5.26 Å². The Hall–Kier alpha value is -3.96. The Kier molecular flexibility index (Phi) is 4.30. The van der Waals surface area contributed by atoms with Gasteiger partial charge in [0.05, 0.1) is 46.6 Å². The minimum Gasteiger partial charge on any atom is -0.337 e. The lowest BCUT2D eigenvalue weighted by Crippen LogP contribution is -2.19. The number of allylic oxidation sites excluding steroid dienone is 4. The number of hydrogen-bond acceptors (Lipinski definition) is 6. The average molecular weight is 438 g/mol. The Balaban J connectivity index is 1.27. The highest BCUT2D eigenvalue weighted by molar-refractivity contribution is 7.19. The van der Waals surface area contributed by atoms with Gasteiger partial charge in [0.2, 0.25) is 0 Å². The maximum atomic E-state index is 9.17. The van der Waals surface area contributed by atoms with E-state index in [-0.39, 0.29) is 0 Å². The summed E-state index contributed by atoms with van der Waals surface area (Å²) in [6.45, 7) is 4.91. The van der Waals surface area contributed by atoms with Crippen LogP contribution in [0.15, 0.2) is 59.4 Å². The van der Waals surface area contributed by atoms with Crippen molar-refractivity contribution in [3.05, 3.63) is 76.1 Å². The molecule has 0 spiro atoms. The van der Waals surface area contributed by atoms with Crippen LogP contribution in [0, 0.1) is 11.3 Å². The molecule has 2 N–H and O–H groups in total. The third-order valence-electron chi connectivity index (χ3n) is 5.93. The number of nitrogens with zero attached hydrogens (tertiary/aromatic N) is 5. The molecule has 0 radical (unpaired) electrons. The van der Waals surface area contributed by atoms with Crippen LogP contribution in [0.2, 0.25) is 0 Å². The lowest BCUT2D eigenvalue weighted by molar-refractivity contribution is 0.415. The first-order valence-electron chi connectivity index (χ1n) is 10.4. The van der Waals surface area contributed by atoms with Gasteiger partial charge in [-0.3, -0.25) is 10.1 Å². The summed E-state index contributed by atoms with van der Waals surface area (Å²) in [5.74, 6) is 0. The molecule has 1 aliphatic carbocycles. The van der Waals surface area contributed by atoms with Gasteiger partial charge in [-0.25, -0.2) is 4.98 Å². The molecule has 8 heteroatoms. The number of hydrogen-bond donors (Lipinski definition) is 2. The molecule has 1 aliphatic heterocycles. The number of nitrogens with one attached hydrogen (secondary N) is 2. The Labute approximate surface area is 188 Å². The van der Waals surface area contributed by atoms with Crippen LogP contribution in [0.1, 0.15) is 34.7 Å². The number of hydrazone groups is 1. The van der Waals surface area contributed by atoms with Crippen molar-refractivity contribution in [2.24, 2.45) is 5.10 Å². The topological polar surface area (TPSA) is 96.7 Å². The number of aromatic amines is 2. The van der Waals surface area contributed by atoms with Gasteiger partial charge in [-0.05, 0) is 36.1 Å². The number of H-pyrrole nitrogens is 2. The van der Waals surface area contributed by atoms with Gasteiger partial charge in [0.15, 0.2) is 0 Å². The normalized spacial score (nSPS) is 15.7. The summed E-state index contributed by atoms with van der Waals surface area (Å²) in [5, 5.41) is 25.1. The highest BCUT2D eigenvalue weighted by Crippen LogP contribution is 2.36. The molecule has 7 nitrogen and oxygen atoms in total. The van der Waals surface area contributed by atoms with Gasteiger partial charge in [0.25, 0.3) is 0 Å². The summed E-state index contributed by atoms with van der Waals surface area (Å²) in [6, 6.07) is 8.40. The molecular weight excluding hydrogens is 418 g/mol. The van der Waals surface area contributed by atoms with E-state index in [4.69, 9.17) is 4.98 Å². The van der Waals surface area contributed by atoms with Crippen molar-refractivity contribution < 1.29 is 0 Å². The lowest BCUT2D eigenvalue weighted by Gasteiger charge is -2.24. The minimum atomic E-state index is 0.610.